The van der Waals surface area contributed by atoms with Gasteiger partial charge in [-0.15, -0.1) is 11.8 Å². The van der Waals surface area contributed by atoms with Crippen molar-refractivity contribution in [1.82, 2.24) is 0 Å². The molecule has 0 fully saturated rings. The highest BCUT2D eigenvalue weighted by Gasteiger charge is 2.34. The Labute approximate surface area is 118 Å². The lowest BCUT2D eigenvalue weighted by Gasteiger charge is -2.32. The maximum atomic E-state index is 12.7. The smallest absolute Gasteiger partial charge is 0.191 e. The molecular formula is C17H18OS. The standard InChI is InChI=1S/C17H18OS/c1-3-11-9-12(4-2)17-14(10-11)16(18)13-7-5-6-8-15(13)19-17/h5-11,17H,3-4H2,1-2H3. The van der Waals surface area contributed by atoms with Crippen LogP contribution in [0.25, 0.3) is 0 Å². The number of carbonyl (C=O) groups is 1. The molecule has 98 valence electrons. The average molecular weight is 270 g/mol. The largest absolute Gasteiger partial charge is 0.289 e. The SMILES string of the molecule is CCC1=CC(CC)C=C2C(=O)c3ccccc3SC12. The molecule has 0 radical (unpaired) electrons. The van der Waals surface area contributed by atoms with Gasteiger partial charge in [-0.2, -0.15) is 0 Å². The van der Waals surface area contributed by atoms with Gasteiger partial charge >= 0.3 is 0 Å². The summed E-state index contributed by atoms with van der Waals surface area (Å²) < 4.78 is 0. The van der Waals surface area contributed by atoms with Crippen LogP contribution in [0.5, 0.6) is 0 Å². The van der Waals surface area contributed by atoms with E-state index in [2.05, 4.69) is 32.1 Å². The summed E-state index contributed by atoms with van der Waals surface area (Å²) in [5, 5.41) is 0.246. The molecule has 19 heavy (non-hydrogen) atoms. The number of hydrogen-bond acceptors (Lipinski definition) is 2. The number of hydrogen-bond donors (Lipinski definition) is 0. The molecule has 0 aromatic heterocycles. The number of allylic oxidation sites excluding steroid dienone is 2. The first-order valence-corrected chi connectivity index (χ1v) is 7.85. The number of benzene rings is 1. The minimum atomic E-state index is 0.233. The zero-order chi connectivity index (χ0) is 13.4. The van der Waals surface area contributed by atoms with E-state index in [-0.39, 0.29) is 11.0 Å². The Morgan fingerprint density at radius 1 is 1.16 bits per heavy atom. The minimum Gasteiger partial charge on any atom is -0.289 e. The second-order valence-corrected chi connectivity index (χ2v) is 6.26. The molecule has 2 atom stereocenters. The molecule has 2 heteroatoms. The third-order valence-corrected chi connectivity index (χ3v) is 5.36. The van der Waals surface area contributed by atoms with Crippen LogP contribution in [0.2, 0.25) is 0 Å². The first-order chi connectivity index (χ1) is 9.24. The molecule has 1 heterocycles. The average Bonchev–Trinajstić information content (AvgIpc) is 2.47. The Balaban J connectivity index is 2.09. The van der Waals surface area contributed by atoms with E-state index >= 15 is 0 Å². The molecule has 2 aliphatic rings. The third-order valence-electron chi connectivity index (χ3n) is 3.96. The van der Waals surface area contributed by atoms with Crippen LogP contribution in [0.4, 0.5) is 0 Å². The molecular weight excluding hydrogens is 252 g/mol. The molecule has 0 saturated heterocycles. The van der Waals surface area contributed by atoms with E-state index in [1.54, 1.807) is 0 Å². The van der Waals surface area contributed by atoms with Crippen molar-refractivity contribution in [3.63, 3.8) is 0 Å². The van der Waals surface area contributed by atoms with Gasteiger partial charge in [-0.3, -0.25) is 4.79 Å². The van der Waals surface area contributed by atoms with Crippen LogP contribution < -0.4 is 0 Å². The van der Waals surface area contributed by atoms with Gasteiger partial charge in [-0.1, -0.05) is 43.7 Å². The number of rotatable bonds is 2. The molecule has 1 aromatic carbocycles. The number of ketones is 1. The minimum absolute atomic E-state index is 0.233. The van der Waals surface area contributed by atoms with Gasteiger partial charge in [0.25, 0.3) is 0 Å². The highest BCUT2D eigenvalue weighted by atomic mass is 32.2. The van der Waals surface area contributed by atoms with Gasteiger partial charge in [0, 0.05) is 16.0 Å². The van der Waals surface area contributed by atoms with E-state index in [0.29, 0.717) is 5.92 Å². The van der Waals surface area contributed by atoms with Crippen LogP contribution in [0.1, 0.15) is 37.0 Å². The summed E-state index contributed by atoms with van der Waals surface area (Å²) in [5.41, 5.74) is 3.30. The lowest BCUT2D eigenvalue weighted by Crippen LogP contribution is -2.26. The van der Waals surface area contributed by atoms with Gasteiger partial charge < -0.3 is 0 Å². The van der Waals surface area contributed by atoms with E-state index in [1.807, 2.05) is 30.0 Å². The number of carbonyl (C=O) groups excluding carboxylic acids is 1. The van der Waals surface area contributed by atoms with Gasteiger partial charge in [0.1, 0.15) is 0 Å². The van der Waals surface area contributed by atoms with Crippen molar-refractivity contribution in [2.24, 2.45) is 5.92 Å². The Hall–Kier alpha value is -1.28. The summed E-state index contributed by atoms with van der Waals surface area (Å²) in [6.45, 7) is 4.37. The van der Waals surface area contributed by atoms with Crippen molar-refractivity contribution >= 4 is 17.5 Å². The van der Waals surface area contributed by atoms with Crippen LogP contribution in [0, 0.1) is 5.92 Å². The number of Topliss-reactive ketones (excluding diaryl/α,β-unsaturated/α-hetero) is 1. The quantitative estimate of drug-likeness (QED) is 0.728. The monoisotopic (exact) mass is 270 g/mol. The van der Waals surface area contributed by atoms with Crippen LogP contribution in [-0.2, 0) is 0 Å². The van der Waals surface area contributed by atoms with Gasteiger partial charge in [-0.25, -0.2) is 0 Å². The van der Waals surface area contributed by atoms with Crippen LogP contribution in [0.15, 0.2) is 52.5 Å². The zero-order valence-corrected chi connectivity index (χ0v) is 12.2. The van der Waals surface area contributed by atoms with Crippen LogP contribution in [0.3, 0.4) is 0 Å². The molecule has 1 aromatic rings. The van der Waals surface area contributed by atoms with E-state index in [0.717, 1.165) is 28.9 Å². The second kappa shape index (κ2) is 5.01. The zero-order valence-electron chi connectivity index (χ0n) is 11.3. The molecule has 0 saturated carbocycles. The summed E-state index contributed by atoms with van der Waals surface area (Å²) in [4.78, 5) is 13.8. The molecule has 1 aliphatic heterocycles. The van der Waals surface area contributed by atoms with E-state index < -0.39 is 0 Å². The summed E-state index contributed by atoms with van der Waals surface area (Å²) in [6, 6.07) is 7.98. The van der Waals surface area contributed by atoms with Crippen molar-refractivity contribution in [1.29, 1.82) is 0 Å². The highest BCUT2D eigenvalue weighted by Crippen LogP contribution is 2.45. The van der Waals surface area contributed by atoms with Crippen molar-refractivity contribution in [2.45, 2.75) is 36.8 Å². The van der Waals surface area contributed by atoms with Crippen LogP contribution >= 0.6 is 11.8 Å². The van der Waals surface area contributed by atoms with Gasteiger partial charge in [0.05, 0.1) is 5.25 Å². The van der Waals surface area contributed by atoms with Crippen LogP contribution in [-0.4, -0.2) is 11.0 Å². The molecule has 2 unspecified atom stereocenters. The fourth-order valence-corrected chi connectivity index (χ4v) is 4.25. The molecule has 0 N–H and O–H groups in total. The summed E-state index contributed by atoms with van der Waals surface area (Å²) in [7, 11) is 0. The van der Waals surface area contributed by atoms with Gasteiger partial charge in [0.15, 0.2) is 5.78 Å². The van der Waals surface area contributed by atoms with Gasteiger partial charge in [0.2, 0.25) is 0 Å². The Morgan fingerprint density at radius 3 is 2.68 bits per heavy atom. The van der Waals surface area contributed by atoms with E-state index in [1.165, 1.54) is 5.57 Å². The fraction of sp³-hybridized carbons (Fsp3) is 0.353. The molecule has 3 rings (SSSR count). The van der Waals surface area contributed by atoms with Gasteiger partial charge in [-0.05, 0) is 30.9 Å². The Kier molecular flexibility index (Phi) is 3.36. The normalized spacial score (nSPS) is 25.3. The maximum absolute atomic E-state index is 12.7. The summed E-state index contributed by atoms with van der Waals surface area (Å²) in [5.74, 6) is 0.660. The maximum Gasteiger partial charge on any atom is 0.191 e. The van der Waals surface area contributed by atoms with Crippen molar-refractivity contribution in [3.05, 3.63) is 53.1 Å². The molecule has 0 amide bonds. The molecule has 1 aliphatic carbocycles. The summed E-state index contributed by atoms with van der Waals surface area (Å²) in [6.07, 6.45) is 6.65. The topological polar surface area (TPSA) is 17.1 Å². The highest BCUT2D eigenvalue weighted by molar-refractivity contribution is 8.00. The predicted octanol–water partition coefficient (Wildman–Crippen LogP) is 4.65. The predicted molar refractivity (Wildman–Crippen MR) is 80.7 cm³/mol. The first kappa shape index (κ1) is 12.7. The first-order valence-electron chi connectivity index (χ1n) is 6.97. The number of fused-ring (bicyclic) bond motifs is 2. The summed E-state index contributed by atoms with van der Waals surface area (Å²) >= 11 is 1.83. The lowest BCUT2D eigenvalue weighted by atomic mass is 9.84. The Bertz CT molecular complexity index is 583. The van der Waals surface area contributed by atoms with Crippen molar-refractivity contribution < 1.29 is 4.79 Å². The van der Waals surface area contributed by atoms with Crippen molar-refractivity contribution in [3.8, 4) is 0 Å². The number of thioether (sulfide) groups is 1. The van der Waals surface area contributed by atoms with Crippen molar-refractivity contribution in [2.75, 3.05) is 0 Å². The lowest BCUT2D eigenvalue weighted by molar-refractivity contribution is 0.102. The molecule has 0 spiro atoms. The molecule has 0 bridgehead atoms. The van der Waals surface area contributed by atoms with E-state index in [4.69, 9.17) is 0 Å². The third kappa shape index (κ3) is 2.08. The second-order valence-electron chi connectivity index (χ2n) is 5.11. The Morgan fingerprint density at radius 2 is 1.95 bits per heavy atom. The van der Waals surface area contributed by atoms with E-state index in [9.17, 15) is 4.79 Å². The molecule has 1 nitrogen and oxygen atoms in total. The fourth-order valence-electron chi connectivity index (χ4n) is 2.84.